The second-order valence-corrected chi connectivity index (χ2v) is 5.21. The van der Waals surface area contributed by atoms with Crippen LogP contribution in [0.15, 0.2) is 24.3 Å². The van der Waals surface area contributed by atoms with Gasteiger partial charge in [0.25, 0.3) is 0 Å². The number of aliphatic hydroxyl groups is 1. The molecular formula is C15H18N2O4. The van der Waals surface area contributed by atoms with Crippen LogP contribution in [0.25, 0.3) is 0 Å². The fourth-order valence-corrected chi connectivity index (χ4v) is 2.19. The highest BCUT2D eigenvalue weighted by Crippen LogP contribution is 2.38. The van der Waals surface area contributed by atoms with Crippen molar-refractivity contribution < 1.29 is 19.5 Å². The van der Waals surface area contributed by atoms with Crippen LogP contribution >= 0.6 is 0 Å². The normalized spacial score (nSPS) is 15.7. The zero-order chi connectivity index (χ0) is 15.3. The molecule has 0 spiro atoms. The van der Waals surface area contributed by atoms with Crippen molar-refractivity contribution in [2.45, 2.75) is 25.9 Å². The van der Waals surface area contributed by atoms with Gasteiger partial charge in [-0.25, -0.2) is 0 Å². The fraction of sp³-hybridized carbons (Fsp3) is 0.400. The zero-order valence-corrected chi connectivity index (χ0v) is 11.6. The van der Waals surface area contributed by atoms with Gasteiger partial charge in [-0.2, -0.15) is 0 Å². The molecule has 0 atom stereocenters. The van der Waals surface area contributed by atoms with Crippen LogP contribution in [0.4, 0.5) is 5.69 Å². The molecule has 6 nitrogen and oxygen atoms in total. The second-order valence-electron chi connectivity index (χ2n) is 5.21. The number of anilines is 1. The van der Waals surface area contributed by atoms with Gasteiger partial charge in [0.2, 0.25) is 11.8 Å². The Morgan fingerprint density at radius 1 is 1.24 bits per heavy atom. The summed E-state index contributed by atoms with van der Waals surface area (Å²) in [7, 11) is 0. The summed E-state index contributed by atoms with van der Waals surface area (Å²) < 4.78 is 0. The van der Waals surface area contributed by atoms with Crippen LogP contribution in [-0.4, -0.2) is 29.8 Å². The summed E-state index contributed by atoms with van der Waals surface area (Å²) in [6.45, 7) is -0.228. The number of carbonyl (C=O) groups is 3. The van der Waals surface area contributed by atoms with Gasteiger partial charge in [-0.1, -0.05) is 18.6 Å². The van der Waals surface area contributed by atoms with Gasteiger partial charge in [0.05, 0.1) is 13.2 Å². The van der Waals surface area contributed by atoms with Gasteiger partial charge in [-0.15, -0.1) is 0 Å². The Morgan fingerprint density at radius 3 is 2.38 bits per heavy atom. The molecule has 0 bridgehead atoms. The first-order valence-corrected chi connectivity index (χ1v) is 6.84. The topological polar surface area (TPSA) is 95.5 Å². The Bertz CT molecular complexity index is 535. The number of aldehydes is 1. The summed E-state index contributed by atoms with van der Waals surface area (Å²) in [6, 6.07) is 6.74. The highest BCUT2D eigenvalue weighted by molar-refractivity contribution is 6.00. The zero-order valence-electron chi connectivity index (χ0n) is 11.6. The maximum absolute atomic E-state index is 11.9. The van der Waals surface area contributed by atoms with Crippen LogP contribution in [0.2, 0.25) is 0 Å². The van der Waals surface area contributed by atoms with Crippen molar-refractivity contribution in [1.82, 2.24) is 5.32 Å². The first-order valence-electron chi connectivity index (χ1n) is 6.84. The minimum absolute atomic E-state index is 0.0575. The predicted octanol–water partition coefficient (Wildman–Crippen LogP) is 0.603. The standard InChI is InChI=1S/C15H18N2O4/c18-9-11-2-4-12(5-3-11)17-13(20)8-16-14(21)15(10-19)6-1-7-15/h2-5,10,18H,1,6-9H2,(H,16,21)(H,17,20). The van der Waals surface area contributed by atoms with E-state index < -0.39 is 5.41 Å². The number of aliphatic hydroxyl groups excluding tert-OH is 1. The maximum Gasteiger partial charge on any atom is 0.243 e. The third kappa shape index (κ3) is 3.46. The van der Waals surface area contributed by atoms with E-state index >= 15 is 0 Å². The van der Waals surface area contributed by atoms with Crippen molar-refractivity contribution in [2.75, 3.05) is 11.9 Å². The number of carbonyl (C=O) groups excluding carboxylic acids is 3. The number of nitrogens with one attached hydrogen (secondary N) is 2. The molecule has 112 valence electrons. The Hall–Kier alpha value is -2.21. The Kier molecular flexibility index (Phi) is 4.70. The number of amides is 2. The average Bonchev–Trinajstić information content (AvgIpc) is 2.45. The lowest BCUT2D eigenvalue weighted by Gasteiger charge is -2.34. The molecule has 1 aromatic carbocycles. The molecule has 0 heterocycles. The van der Waals surface area contributed by atoms with Crippen molar-refractivity contribution in [2.24, 2.45) is 5.41 Å². The van der Waals surface area contributed by atoms with Gasteiger partial charge in [-0.05, 0) is 30.5 Å². The summed E-state index contributed by atoms with van der Waals surface area (Å²) in [5, 5.41) is 14.0. The van der Waals surface area contributed by atoms with Gasteiger partial charge in [-0.3, -0.25) is 9.59 Å². The number of hydrogen-bond donors (Lipinski definition) is 3. The summed E-state index contributed by atoms with van der Waals surface area (Å²) >= 11 is 0. The molecule has 1 aromatic rings. The molecule has 1 aliphatic rings. The highest BCUT2D eigenvalue weighted by atomic mass is 16.3. The first kappa shape index (κ1) is 15.2. The van der Waals surface area contributed by atoms with E-state index in [-0.39, 0.29) is 25.0 Å². The molecule has 6 heteroatoms. The van der Waals surface area contributed by atoms with E-state index in [1.807, 2.05) is 0 Å². The number of hydrogen-bond acceptors (Lipinski definition) is 4. The summed E-state index contributed by atoms with van der Waals surface area (Å²) in [6.07, 6.45) is 2.63. The van der Waals surface area contributed by atoms with Crippen LogP contribution in [0.1, 0.15) is 24.8 Å². The van der Waals surface area contributed by atoms with Crippen molar-refractivity contribution in [3.8, 4) is 0 Å². The summed E-state index contributed by atoms with van der Waals surface area (Å²) in [5.74, 6) is -0.741. The molecule has 0 aliphatic heterocycles. The predicted molar refractivity (Wildman–Crippen MR) is 76.4 cm³/mol. The third-order valence-corrected chi connectivity index (χ3v) is 3.75. The molecule has 0 unspecified atom stereocenters. The second kappa shape index (κ2) is 6.49. The van der Waals surface area contributed by atoms with E-state index in [9.17, 15) is 14.4 Å². The van der Waals surface area contributed by atoms with Crippen molar-refractivity contribution in [1.29, 1.82) is 0 Å². The van der Waals surface area contributed by atoms with Crippen molar-refractivity contribution >= 4 is 23.8 Å². The van der Waals surface area contributed by atoms with Gasteiger partial charge in [0, 0.05) is 5.69 Å². The maximum atomic E-state index is 11.9. The summed E-state index contributed by atoms with van der Waals surface area (Å²) in [4.78, 5) is 34.6. The third-order valence-electron chi connectivity index (χ3n) is 3.75. The molecule has 1 fully saturated rings. The molecule has 21 heavy (non-hydrogen) atoms. The van der Waals surface area contributed by atoms with E-state index in [0.29, 0.717) is 24.8 Å². The van der Waals surface area contributed by atoms with Gasteiger partial charge in [0.15, 0.2) is 0 Å². The smallest absolute Gasteiger partial charge is 0.243 e. The van der Waals surface area contributed by atoms with Gasteiger partial charge < -0.3 is 20.5 Å². The summed E-state index contributed by atoms with van der Waals surface area (Å²) in [5.41, 5.74) is 0.405. The molecule has 1 aliphatic carbocycles. The van der Waals surface area contributed by atoms with E-state index in [0.717, 1.165) is 12.0 Å². The molecule has 3 N–H and O–H groups in total. The largest absolute Gasteiger partial charge is 0.392 e. The molecule has 0 aromatic heterocycles. The van der Waals surface area contributed by atoms with E-state index in [1.54, 1.807) is 24.3 Å². The minimum atomic E-state index is -0.928. The van der Waals surface area contributed by atoms with E-state index in [1.165, 1.54) is 0 Å². The van der Waals surface area contributed by atoms with Gasteiger partial charge in [0.1, 0.15) is 11.7 Å². The highest BCUT2D eigenvalue weighted by Gasteiger charge is 2.44. The van der Waals surface area contributed by atoms with Crippen LogP contribution in [0.3, 0.4) is 0 Å². The van der Waals surface area contributed by atoms with E-state index in [2.05, 4.69) is 10.6 Å². The quantitative estimate of drug-likeness (QED) is 0.528. The molecule has 2 rings (SSSR count). The van der Waals surface area contributed by atoms with Crippen LogP contribution in [0, 0.1) is 5.41 Å². The average molecular weight is 290 g/mol. The number of benzene rings is 1. The number of rotatable bonds is 6. The fourth-order valence-electron chi connectivity index (χ4n) is 2.19. The lowest BCUT2D eigenvalue weighted by Crippen LogP contribution is -2.48. The molecular weight excluding hydrogens is 272 g/mol. The SMILES string of the molecule is O=CC1(C(=O)NCC(=O)Nc2ccc(CO)cc2)CCC1. The monoisotopic (exact) mass is 290 g/mol. The van der Waals surface area contributed by atoms with E-state index in [4.69, 9.17) is 5.11 Å². The van der Waals surface area contributed by atoms with Crippen molar-refractivity contribution in [3.05, 3.63) is 29.8 Å². The Morgan fingerprint density at radius 2 is 1.90 bits per heavy atom. The Balaban J connectivity index is 1.81. The van der Waals surface area contributed by atoms with Crippen molar-refractivity contribution in [3.63, 3.8) is 0 Å². The lowest BCUT2D eigenvalue weighted by molar-refractivity contribution is -0.142. The lowest BCUT2D eigenvalue weighted by atomic mass is 9.69. The van der Waals surface area contributed by atoms with Crippen LogP contribution in [-0.2, 0) is 21.0 Å². The molecule has 0 saturated heterocycles. The minimum Gasteiger partial charge on any atom is -0.392 e. The first-order chi connectivity index (χ1) is 10.1. The molecule has 2 amide bonds. The van der Waals surface area contributed by atoms with Gasteiger partial charge >= 0.3 is 0 Å². The molecule has 1 saturated carbocycles. The Labute approximate surface area is 122 Å². The molecule has 0 radical (unpaired) electrons. The van der Waals surface area contributed by atoms with Crippen LogP contribution in [0.5, 0.6) is 0 Å². The van der Waals surface area contributed by atoms with Crippen LogP contribution < -0.4 is 10.6 Å².